The summed E-state index contributed by atoms with van der Waals surface area (Å²) in [7, 11) is 0. The zero-order valence-corrected chi connectivity index (χ0v) is 26.1. The second kappa shape index (κ2) is 10.6. The number of benzene rings is 9. The molecule has 0 spiro atoms. The SMILES string of the molecule is c1ccc(-c2cccc(N(c3ccc4c(ccc5ccc6ccccc6c54)c3)c3cccc4oc5ccc6ccccc6c5c34)c2)cc1. The standard InChI is InChI=1S/C46H29NO/c1-2-10-30(11-3-1)34-14-8-15-36(28-34)47(41-18-9-19-42-46(41)45-39-17-7-5-13-32(39)24-27-43(45)48-42)37-25-26-40-35(29-37)23-22-33-21-20-31-12-4-6-16-38(31)44(33)40/h1-29H. The minimum atomic E-state index is 0.876. The predicted octanol–water partition coefficient (Wildman–Crippen LogP) is 13.3. The topological polar surface area (TPSA) is 16.4 Å². The van der Waals surface area contributed by atoms with Gasteiger partial charge in [-0.15, -0.1) is 0 Å². The smallest absolute Gasteiger partial charge is 0.137 e. The van der Waals surface area contributed by atoms with E-state index in [0.29, 0.717) is 0 Å². The van der Waals surface area contributed by atoms with E-state index in [-0.39, 0.29) is 0 Å². The van der Waals surface area contributed by atoms with Gasteiger partial charge in [0.2, 0.25) is 0 Å². The van der Waals surface area contributed by atoms with Gasteiger partial charge >= 0.3 is 0 Å². The van der Waals surface area contributed by atoms with E-state index in [0.717, 1.165) is 39.0 Å². The van der Waals surface area contributed by atoms with Crippen LogP contribution in [0.1, 0.15) is 0 Å². The van der Waals surface area contributed by atoms with Crippen molar-refractivity contribution < 1.29 is 4.42 Å². The van der Waals surface area contributed by atoms with Crippen molar-refractivity contribution in [2.24, 2.45) is 0 Å². The van der Waals surface area contributed by atoms with Crippen LogP contribution in [0.5, 0.6) is 0 Å². The molecule has 1 aromatic heterocycles. The van der Waals surface area contributed by atoms with E-state index in [2.05, 4.69) is 181 Å². The van der Waals surface area contributed by atoms with Crippen LogP contribution in [0.4, 0.5) is 17.1 Å². The van der Waals surface area contributed by atoms with E-state index in [1.807, 2.05) is 0 Å². The van der Waals surface area contributed by atoms with E-state index in [1.165, 1.54) is 54.2 Å². The number of furan rings is 1. The lowest BCUT2D eigenvalue weighted by molar-refractivity contribution is 0.669. The Morgan fingerprint density at radius 3 is 1.77 bits per heavy atom. The third kappa shape index (κ3) is 4.13. The average molecular weight is 612 g/mol. The normalized spacial score (nSPS) is 11.8. The van der Waals surface area contributed by atoms with Crippen LogP contribution in [0.3, 0.4) is 0 Å². The van der Waals surface area contributed by atoms with Gasteiger partial charge in [-0.25, -0.2) is 0 Å². The summed E-state index contributed by atoms with van der Waals surface area (Å²) >= 11 is 0. The third-order valence-electron chi connectivity index (χ3n) is 9.78. The Labute approximate surface area is 277 Å². The molecule has 224 valence electrons. The Hall–Kier alpha value is -6.38. The van der Waals surface area contributed by atoms with E-state index in [4.69, 9.17) is 4.42 Å². The lowest BCUT2D eigenvalue weighted by Gasteiger charge is -2.27. The lowest BCUT2D eigenvalue weighted by Crippen LogP contribution is -2.10. The van der Waals surface area contributed by atoms with Gasteiger partial charge in [0.25, 0.3) is 0 Å². The van der Waals surface area contributed by atoms with E-state index in [9.17, 15) is 0 Å². The molecule has 0 aliphatic rings. The largest absolute Gasteiger partial charge is 0.456 e. The molecule has 9 aromatic carbocycles. The molecule has 10 rings (SSSR count). The molecule has 0 aliphatic carbocycles. The maximum Gasteiger partial charge on any atom is 0.137 e. The van der Waals surface area contributed by atoms with Gasteiger partial charge in [0.1, 0.15) is 11.2 Å². The Kier molecular flexibility index (Phi) is 5.91. The fourth-order valence-electron chi connectivity index (χ4n) is 7.60. The third-order valence-corrected chi connectivity index (χ3v) is 9.78. The number of hydrogen-bond donors (Lipinski definition) is 0. The van der Waals surface area contributed by atoms with Crippen LogP contribution in [-0.2, 0) is 0 Å². The molecule has 10 aromatic rings. The summed E-state index contributed by atoms with van der Waals surface area (Å²) in [5, 5.41) is 12.2. The summed E-state index contributed by atoms with van der Waals surface area (Å²) in [5.74, 6) is 0. The first-order valence-electron chi connectivity index (χ1n) is 16.4. The minimum Gasteiger partial charge on any atom is -0.456 e. The Morgan fingerprint density at radius 2 is 0.938 bits per heavy atom. The summed E-state index contributed by atoms with van der Waals surface area (Å²) in [6.07, 6.45) is 0. The molecule has 48 heavy (non-hydrogen) atoms. The zero-order chi connectivity index (χ0) is 31.6. The highest BCUT2D eigenvalue weighted by atomic mass is 16.3. The number of fused-ring (bicyclic) bond motifs is 10. The first-order chi connectivity index (χ1) is 23.8. The van der Waals surface area contributed by atoms with Gasteiger partial charge in [-0.05, 0) is 96.7 Å². The highest BCUT2D eigenvalue weighted by Crippen LogP contribution is 2.46. The summed E-state index contributed by atoms with van der Waals surface area (Å²) in [6, 6.07) is 63.3. The predicted molar refractivity (Wildman–Crippen MR) is 204 cm³/mol. The number of anilines is 3. The van der Waals surface area contributed by atoms with Gasteiger partial charge in [0.15, 0.2) is 0 Å². The number of nitrogens with zero attached hydrogens (tertiary/aromatic N) is 1. The summed E-state index contributed by atoms with van der Waals surface area (Å²) < 4.78 is 6.55. The second-order valence-corrected chi connectivity index (χ2v) is 12.5. The van der Waals surface area contributed by atoms with Crippen LogP contribution in [-0.4, -0.2) is 0 Å². The fraction of sp³-hybridized carbons (Fsp3) is 0. The van der Waals surface area contributed by atoms with Crippen molar-refractivity contribution in [2.45, 2.75) is 0 Å². The van der Waals surface area contributed by atoms with Crippen molar-refractivity contribution in [1.29, 1.82) is 0 Å². The quantitative estimate of drug-likeness (QED) is 0.184. The van der Waals surface area contributed by atoms with Crippen LogP contribution in [0, 0.1) is 0 Å². The van der Waals surface area contributed by atoms with E-state index >= 15 is 0 Å². The first-order valence-corrected chi connectivity index (χ1v) is 16.4. The molecule has 2 nitrogen and oxygen atoms in total. The Balaban J connectivity index is 1.27. The molecule has 0 saturated heterocycles. The van der Waals surface area contributed by atoms with Gasteiger partial charge < -0.3 is 9.32 Å². The fourth-order valence-corrected chi connectivity index (χ4v) is 7.60. The van der Waals surface area contributed by atoms with Gasteiger partial charge in [-0.2, -0.15) is 0 Å². The lowest BCUT2D eigenvalue weighted by atomic mass is 9.96. The van der Waals surface area contributed by atoms with Crippen molar-refractivity contribution in [3.8, 4) is 11.1 Å². The number of hydrogen-bond acceptors (Lipinski definition) is 2. The highest BCUT2D eigenvalue weighted by Gasteiger charge is 2.21. The molecule has 2 heteroatoms. The molecule has 0 amide bonds. The van der Waals surface area contributed by atoms with Gasteiger partial charge in [-0.1, -0.05) is 133 Å². The zero-order valence-electron chi connectivity index (χ0n) is 26.1. The number of rotatable bonds is 4. The molecular formula is C46H29NO. The maximum absolute atomic E-state index is 6.55. The molecule has 0 atom stereocenters. The Morgan fingerprint density at radius 1 is 0.333 bits per heavy atom. The second-order valence-electron chi connectivity index (χ2n) is 12.5. The van der Waals surface area contributed by atoms with Crippen molar-refractivity contribution in [3.63, 3.8) is 0 Å². The molecule has 0 aliphatic heterocycles. The maximum atomic E-state index is 6.55. The molecule has 0 bridgehead atoms. The van der Waals surface area contributed by atoms with Crippen LogP contribution < -0.4 is 4.90 Å². The molecule has 0 unspecified atom stereocenters. The minimum absolute atomic E-state index is 0.876. The van der Waals surface area contributed by atoms with Crippen LogP contribution in [0.15, 0.2) is 180 Å². The van der Waals surface area contributed by atoms with E-state index in [1.54, 1.807) is 0 Å². The van der Waals surface area contributed by atoms with Crippen molar-refractivity contribution in [1.82, 2.24) is 0 Å². The monoisotopic (exact) mass is 611 g/mol. The van der Waals surface area contributed by atoms with Crippen molar-refractivity contribution in [3.05, 3.63) is 176 Å². The van der Waals surface area contributed by atoms with Gasteiger partial charge in [0, 0.05) is 16.8 Å². The highest BCUT2D eigenvalue weighted by molar-refractivity contribution is 6.24. The molecule has 0 fully saturated rings. The summed E-state index contributed by atoms with van der Waals surface area (Å²) in [5.41, 5.74) is 7.39. The molecular weight excluding hydrogens is 583 g/mol. The summed E-state index contributed by atoms with van der Waals surface area (Å²) in [6.45, 7) is 0. The van der Waals surface area contributed by atoms with E-state index < -0.39 is 0 Å². The molecule has 1 heterocycles. The average Bonchev–Trinajstić information content (AvgIpc) is 3.55. The van der Waals surface area contributed by atoms with Crippen LogP contribution in [0.2, 0.25) is 0 Å². The van der Waals surface area contributed by atoms with Crippen LogP contribution >= 0.6 is 0 Å². The molecule has 0 N–H and O–H groups in total. The van der Waals surface area contributed by atoms with Gasteiger partial charge in [-0.3, -0.25) is 0 Å². The van der Waals surface area contributed by atoms with Gasteiger partial charge in [0.05, 0.1) is 11.1 Å². The molecule has 0 saturated carbocycles. The molecule has 0 radical (unpaired) electrons. The van der Waals surface area contributed by atoms with Crippen molar-refractivity contribution >= 4 is 82.1 Å². The Bertz CT molecular complexity index is 2850. The summed E-state index contributed by atoms with van der Waals surface area (Å²) in [4.78, 5) is 2.40. The van der Waals surface area contributed by atoms with Crippen LogP contribution in [0.25, 0.3) is 76.2 Å². The first kappa shape index (κ1) is 26.8. The van der Waals surface area contributed by atoms with Crippen molar-refractivity contribution in [2.75, 3.05) is 4.90 Å².